The third-order valence-electron chi connectivity index (χ3n) is 3.40. The number of nitrogens with one attached hydrogen (secondary N) is 1. The van der Waals surface area contributed by atoms with E-state index in [4.69, 9.17) is 14.3 Å². The Morgan fingerprint density at radius 3 is 2.58 bits per heavy atom. The van der Waals surface area contributed by atoms with E-state index in [1.165, 1.54) is 17.7 Å². The Kier molecular flexibility index (Phi) is 7.04. The third kappa shape index (κ3) is 6.26. The lowest BCUT2D eigenvalue weighted by Crippen LogP contribution is -2.22. The topological polar surface area (TPSA) is 88.8 Å². The van der Waals surface area contributed by atoms with Gasteiger partial charge >= 0.3 is 5.97 Å². The molecule has 2 aromatic rings. The Balaban J connectivity index is 1.52. The summed E-state index contributed by atoms with van der Waals surface area (Å²) in [5, 5.41) is 11.4. The van der Waals surface area contributed by atoms with Gasteiger partial charge in [-0.25, -0.2) is 4.79 Å². The van der Waals surface area contributed by atoms with E-state index in [0.717, 1.165) is 6.42 Å². The Morgan fingerprint density at radius 1 is 1.08 bits per heavy atom. The van der Waals surface area contributed by atoms with Crippen LogP contribution in [0.2, 0.25) is 0 Å². The first-order chi connectivity index (χ1) is 11.6. The standard InChI is InChI=1S/C18H21NO5/c20-17(19-13-15-8-9-16(24-15)18(21)22)7-4-11-23-12-10-14-5-2-1-3-6-14/h1-3,5-6,8-9H,4,7,10-13H2,(H,19,20)(H,21,22). The fraction of sp³-hybridized carbons (Fsp3) is 0.333. The molecule has 0 bridgehead atoms. The van der Waals surface area contributed by atoms with Crippen molar-refractivity contribution >= 4 is 11.9 Å². The summed E-state index contributed by atoms with van der Waals surface area (Å²) >= 11 is 0. The first kappa shape index (κ1) is 17.7. The van der Waals surface area contributed by atoms with Crippen molar-refractivity contribution in [3.05, 3.63) is 59.5 Å². The molecule has 6 nitrogen and oxygen atoms in total. The molecule has 0 atom stereocenters. The van der Waals surface area contributed by atoms with E-state index in [1.807, 2.05) is 18.2 Å². The smallest absolute Gasteiger partial charge is 0.371 e. The maximum atomic E-state index is 11.7. The molecule has 0 aliphatic carbocycles. The van der Waals surface area contributed by atoms with E-state index in [1.54, 1.807) is 0 Å². The van der Waals surface area contributed by atoms with Gasteiger partial charge in [0, 0.05) is 13.0 Å². The van der Waals surface area contributed by atoms with E-state index in [2.05, 4.69) is 17.4 Å². The number of carbonyl (C=O) groups excluding carboxylic acids is 1. The number of carbonyl (C=O) groups is 2. The number of amides is 1. The zero-order valence-electron chi connectivity index (χ0n) is 13.4. The average Bonchev–Trinajstić information content (AvgIpc) is 3.06. The van der Waals surface area contributed by atoms with E-state index in [0.29, 0.717) is 31.8 Å². The fourth-order valence-corrected chi connectivity index (χ4v) is 2.13. The molecule has 128 valence electrons. The average molecular weight is 331 g/mol. The maximum absolute atomic E-state index is 11.7. The van der Waals surface area contributed by atoms with E-state index >= 15 is 0 Å². The largest absolute Gasteiger partial charge is 0.475 e. The predicted octanol–water partition coefficient (Wildman–Crippen LogP) is 2.63. The molecule has 2 rings (SSSR count). The monoisotopic (exact) mass is 331 g/mol. The molecule has 0 aliphatic heterocycles. The van der Waals surface area contributed by atoms with Crippen molar-refractivity contribution in [2.75, 3.05) is 13.2 Å². The lowest BCUT2D eigenvalue weighted by molar-refractivity contribution is -0.121. The summed E-state index contributed by atoms with van der Waals surface area (Å²) in [4.78, 5) is 22.4. The number of hydrogen-bond donors (Lipinski definition) is 2. The van der Waals surface area contributed by atoms with Gasteiger partial charge in [0.05, 0.1) is 13.2 Å². The molecule has 0 radical (unpaired) electrons. The van der Waals surface area contributed by atoms with Gasteiger partial charge < -0.3 is 19.6 Å². The highest BCUT2D eigenvalue weighted by Gasteiger charge is 2.09. The normalized spacial score (nSPS) is 10.5. The molecule has 0 spiro atoms. The summed E-state index contributed by atoms with van der Waals surface area (Å²) in [6, 6.07) is 13.0. The van der Waals surface area contributed by atoms with Gasteiger partial charge in [0.15, 0.2) is 0 Å². The second-order valence-corrected chi connectivity index (χ2v) is 5.30. The molecular formula is C18H21NO5. The van der Waals surface area contributed by atoms with Gasteiger partial charge in [-0.1, -0.05) is 30.3 Å². The minimum Gasteiger partial charge on any atom is -0.475 e. The second kappa shape index (κ2) is 9.52. The summed E-state index contributed by atoms with van der Waals surface area (Å²) < 4.78 is 10.6. The number of hydrogen-bond acceptors (Lipinski definition) is 4. The van der Waals surface area contributed by atoms with Crippen LogP contribution in [0.1, 0.15) is 34.7 Å². The first-order valence-corrected chi connectivity index (χ1v) is 7.85. The quantitative estimate of drug-likeness (QED) is 0.653. The fourth-order valence-electron chi connectivity index (χ4n) is 2.13. The molecule has 1 amide bonds. The molecule has 24 heavy (non-hydrogen) atoms. The van der Waals surface area contributed by atoms with Crippen LogP contribution in [0, 0.1) is 0 Å². The minimum atomic E-state index is -1.12. The number of aromatic carboxylic acids is 1. The van der Waals surface area contributed by atoms with Crippen molar-refractivity contribution in [1.82, 2.24) is 5.32 Å². The third-order valence-corrected chi connectivity index (χ3v) is 3.40. The number of ether oxygens (including phenoxy) is 1. The second-order valence-electron chi connectivity index (χ2n) is 5.30. The first-order valence-electron chi connectivity index (χ1n) is 7.85. The summed E-state index contributed by atoms with van der Waals surface area (Å²) in [5.74, 6) is -0.957. The molecular weight excluding hydrogens is 310 g/mol. The Labute approximate surface area is 140 Å². The summed E-state index contributed by atoms with van der Waals surface area (Å²) in [5.41, 5.74) is 1.23. The van der Waals surface area contributed by atoms with Crippen LogP contribution < -0.4 is 5.32 Å². The molecule has 2 N–H and O–H groups in total. The van der Waals surface area contributed by atoms with Gasteiger partial charge in [-0.05, 0) is 30.5 Å². The van der Waals surface area contributed by atoms with Crippen molar-refractivity contribution in [3.8, 4) is 0 Å². The number of rotatable bonds is 10. The van der Waals surface area contributed by atoms with Gasteiger partial charge in [-0.2, -0.15) is 0 Å². The molecule has 1 aromatic heterocycles. The van der Waals surface area contributed by atoms with E-state index in [9.17, 15) is 9.59 Å². The molecule has 0 saturated carbocycles. The van der Waals surface area contributed by atoms with Gasteiger partial charge in [0.25, 0.3) is 0 Å². The summed E-state index contributed by atoms with van der Waals surface area (Å²) in [6.45, 7) is 1.35. The Hall–Kier alpha value is -2.60. The number of carboxylic acids is 1. The van der Waals surface area contributed by atoms with Crippen molar-refractivity contribution in [1.29, 1.82) is 0 Å². The van der Waals surface area contributed by atoms with Crippen LogP contribution in [0.25, 0.3) is 0 Å². The van der Waals surface area contributed by atoms with Crippen molar-refractivity contribution in [2.24, 2.45) is 0 Å². The van der Waals surface area contributed by atoms with Crippen molar-refractivity contribution in [2.45, 2.75) is 25.8 Å². The predicted molar refractivity (Wildman–Crippen MR) is 87.7 cm³/mol. The molecule has 6 heteroatoms. The minimum absolute atomic E-state index is 0.116. The molecule has 0 saturated heterocycles. The van der Waals surface area contributed by atoms with E-state index < -0.39 is 5.97 Å². The van der Waals surface area contributed by atoms with Gasteiger partial charge in [0.2, 0.25) is 11.7 Å². The van der Waals surface area contributed by atoms with Crippen molar-refractivity contribution in [3.63, 3.8) is 0 Å². The molecule has 1 aromatic carbocycles. The van der Waals surface area contributed by atoms with Gasteiger partial charge in [-0.3, -0.25) is 4.79 Å². The van der Waals surface area contributed by atoms with Crippen LogP contribution in [0.5, 0.6) is 0 Å². The van der Waals surface area contributed by atoms with Gasteiger partial charge in [0.1, 0.15) is 5.76 Å². The number of furan rings is 1. The van der Waals surface area contributed by atoms with Crippen LogP contribution in [0.4, 0.5) is 0 Å². The molecule has 1 heterocycles. The van der Waals surface area contributed by atoms with Gasteiger partial charge in [-0.15, -0.1) is 0 Å². The molecule has 0 aliphatic rings. The molecule has 0 unspecified atom stereocenters. The van der Waals surface area contributed by atoms with Crippen LogP contribution in [0.15, 0.2) is 46.9 Å². The molecule has 0 fully saturated rings. The van der Waals surface area contributed by atoms with Crippen LogP contribution in [0.3, 0.4) is 0 Å². The SMILES string of the molecule is O=C(CCCOCCc1ccccc1)NCc1ccc(C(=O)O)o1. The highest BCUT2D eigenvalue weighted by Crippen LogP contribution is 2.07. The highest BCUT2D eigenvalue weighted by atomic mass is 16.5. The number of carboxylic acid groups (broad SMARTS) is 1. The Morgan fingerprint density at radius 2 is 1.88 bits per heavy atom. The number of benzene rings is 1. The van der Waals surface area contributed by atoms with Crippen LogP contribution >= 0.6 is 0 Å². The van der Waals surface area contributed by atoms with Crippen LogP contribution in [-0.4, -0.2) is 30.2 Å². The summed E-state index contributed by atoms with van der Waals surface area (Å²) in [7, 11) is 0. The maximum Gasteiger partial charge on any atom is 0.371 e. The van der Waals surface area contributed by atoms with Crippen LogP contribution in [-0.2, 0) is 22.5 Å². The highest BCUT2D eigenvalue weighted by molar-refractivity contribution is 5.84. The van der Waals surface area contributed by atoms with Crippen molar-refractivity contribution < 1.29 is 23.8 Å². The zero-order valence-corrected chi connectivity index (χ0v) is 13.4. The lowest BCUT2D eigenvalue weighted by Gasteiger charge is -2.05. The Bertz CT molecular complexity index is 650. The lowest BCUT2D eigenvalue weighted by atomic mass is 10.2. The summed E-state index contributed by atoms with van der Waals surface area (Å²) in [6.07, 6.45) is 1.86. The zero-order chi connectivity index (χ0) is 17.2. The van der Waals surface area contributed by atoms with E-state index in [-0.39, 0.29) is 18.2 Å².